The summed E-state index contributed by atoms with van der Waals surface area (Å²) in [4.78, 5) is 38.2. The van der Waals surface area contributed by atoms with Crippen LogP contribution in [-0.4, -0.2) is 43.8 Å². The molecule has 0 spiro atoms. The Labute approximate surface area is 217 Å². The highest BCUT2D eigenvalue weighted by atomic mass is 32.1. The molecule has 2 aromatic rings. The summed E-state index contributed by atoms with van der Waals surface area (Å²) in [5.41, 5.74) is 1.53. The molecule has 1 amide bonds. The summed E-state index contributed by atoms with van der Waals surface area (Å²) in [7, 11) is 0. The Morgan fingerprint density at radius 3 is 2.39 bits per heavy atom. The number of carbonyl (C=O) groups excluding carboxylic acids is 3. The molecule has 0 saturated heterocycles. The first-order valence-corrected chi connectivity index (χ1v) is 13.2. The van der Waals surface area contributed by atoms with Crippen LogP contribution in [0.3, 0.4) is 0 Å². The number of esters is 2. The highest BCUT2D eigenvalue weighted by Crippen LogP contribution is 2.35. The van der Waals surface area contributed by atoms with Gasteiger partial charge in [0.05, 0.1) is 31.5 Å². The first kappa shape index (κ1) is 29.2. The van der Waals surface area contributed by atoms with Gasteiger partial charge in [0.25, 0.3) is 0 Å². The van der Waals surface area contributed by atoms with Crippen LogP contribution in [0.1, 0.15) is 85.0 Å². The molecule has 0 saturated carbocycles. The SMILES string of the molecule is CCCCOc1ccc(CCC(=O)Nc2sc(C(=O)OC(C)C)c(C)c2C(=O)OCC)cc1OCC. The molecule has 0 bridgehead atoms. The van der Waals surface area contributed by atoms with E-state index in [4.69, 9.17) is 18.9 Å². The molecule has 1 heterocycles. The van der Waals surface area contributed by atoms with Crippen molar-refractivity contribution < 1.29 is 33.3 Å². The fourth-order valence-corrected chi connectivity index (χ4v) is 4.48. The molecule has 0 aliphatic heterocycles. The first-order valence-electron chi connectivity index (χ1n) is 12.4. The zero-order chi connectivity index (χ0) is 26.7. The Kier molecular flexibility index (Phi) is 11.7. The monoisotopic (exact) mass is 519 g/mol. The number of thiophene rings is 1. The van der Waals surface area contributed by atoms with Crippen molar-refractivity contribution in [2.24, 2.45) is 0 Å². The fourth-order valence-electron chi connectivity index (χ4n) is 3.38. The van der Waals surface area contributed by atoms with Gasteiger partial charge in [-0.15, -0.1) is 11.3 Å². The summed E-state index contributed by atoms with van der Waals surface area (Å²) in [5, 5.41) is 3.07. The van der Waals surface area contributed by atoms with Gasteiger partial charge >= 0.3 is 11.9 Å². The van der Waals surface area contributed by atoms with E-state index in [1.807, 2.05) is 25.1 Å². The van der Waals surface area contributed by atoms with Crippen molar-refractivity contribution >= 4 is 34.2 Å². The van der Waals surface area contributed by atoms with E-state index < -0.39 is 11.9 Å². The van der Waals surface area contributed by atoms with E-state index in [1.165, 1.54) is 0 Å². The smallest absolute Gasteiger partial charge is 0.348 e. The van der Waals surface area contributed by atoms with Gasteiger partial charge in [0.2, 0.25) is 5.91 Å². The third-order valence-electron chi connectivity index (χ3n) is 5.11. The molecule has 9 heteroatoms. The molecule has 36 heavy (non-hydrogen) atoms. The van der Waals surface area contributed by atoms with Gasteiger partial charge in [0.1, 0.15) is 9.88 Å². The number of unbranched alkanes of at least 4 members (excludes halogenated alkanes) is 1. The van der Waals surface area contributed by atoms with Crippen molar-refractivity contribution in [2.45, 2.75) is 73.3 Å². The Balaban J connectivity index is 2.16. The molecule has 2 rings (SSSR count). The van der Waals surface area contributed by atoms with Crippen molar-refractivity contribution in [1.29, 1.82) is 0 Å². The van der Waals surface area contributed by atoms with Crippen LogP contribution >= 0.6 is 11.3 Å². The molecular weight excluding hydrogens is 482 g/mol. The minimum absolute atomic E-state index is 0.173. The summed E-state index contributed by atoms with van der Waals surface area (Å²) in [6.07, 6.45) is 2.32. The molecule has 0 fully saturated rings. The van der Waals surface area contributed by atoms with E-state index in [2.05, 4.69) is 12.2 Å². The molecule has 1 aromatic carbocycles. The number of hydrogen-bond acceptors (Lipinski definition) is 8. The van der Waals surface area contributed by atoms with Gasteiger partial charge in [-0.2, -0.15) is 0 Å². The average molecular weight is 520 g/mol. The summed E-state index contributed by atoms with van der Waals surface area (Å²) in [6, 6.07) is 5.66. The Morgan fingerprint density at radius 1 is 1.00 bits per heavy atom. The lowest BCUT2D eigenvalue weighted by Crippen LogP contribution is -2.15. The highest BCUT2D eigenvalue weighted by Gasteiger charge is 2.27. The summed E-state index contributed by atoms with van der Waals surface area (Å²) in [6.45, 7) is 12.1. The van der Waals surface area contributed by atoms with Gasteiger partial charge in [-0.05, 0) is 70.7 Å². The minimum Gasteiger partial charge on any atom is -0.490 e. The lowest BCUT2D eigenvalue weighted by atomic mass is 10.1. The first-order chi connectivity index (χ1) is 17.2. The topological polar surface area (TPSA) is 100 Å². The molecule has 1 N–H and O–H groups in total. The largest absolute Gasteiger partial charge is 0.490 e. The molecular formula is C27H37NO7S. The zero-order valence-corrected chi connectivity index (χ0v) is 22.8. The van der Waals surface area contributed by atoms with Crippen LogP contribution in [0.5, 0.6) is 11.5 Å². The minimum atomic E-state index is -0.592. The predicted molar refractivity (Wildman–Crippen MR) is 141 cm³/mol. The van der Waals surface area contributed by atoms with Crippen LogP contribution < -0.4 is 14.8 Å². The van der Waals surface area contributed by atoms with Crippen LogP contribution in [-0.2, 0) is 20.7 Å². The van der Waals surface area contributed by atoms with Crippen LogP contribution in [0, 0.1) is 6.92 Å². The van der Waals surface area contributed by atoms with Crippen molar-refractivity contribution in [1.82, 2.24) is 0 Å². The van der Waals surface area contributed by atoms with E-state index in [0.29, 0.717) is 36.7 Å². The third kappa shape index (κ3) is 8.26. The summed E-state index contributed by atoms with van der Waals surface area (Å²) < 4.78 is 22.0. The molecule has 1 aromatic heterocycles. The van der Waals surface area contributed by atoms with E-state index in [0.717, 1.165) is 29.7 Å². The van der Waals surface area contributed by atoms with Crippen molar-refractivity contribution in [3.05, 3.63) is 39.8 Å². The van der Waals surface area contributed by atoms with Crippen LogP contribution in [0.2, 0.25) is 0 Å². The molecule has 0 aliphatic carbocycles. The third-order valence-corrected chi connectivity index (χ3v) is 6.30. The maximum absolute atomic E-state index is 12.8. The van der Waals surface area contributed by atoms with Crippen molar-refractivity contribution in [2.75, 3.05) is 25.1 Å². The Hall–Kier alpha value is -3.07. The Bertz CT molecular complexity index is 1040. The molecule has 0 radical (unpaired) electrons. The van der Waals surface area contributed by atoms with E-state index in [9.17, 15) is 14.4 Å². The molecule has 0 aliphatic rings. The average Bonchev–Trinajstić information content (AvgIpc) is 3.14. The fraction of sp³-hybridized carbons (Fsp3) is 0.519. The van der Waals surface area contributed by atoms with Gasteiger partial charge in [-0.1, -0.05) is 19.4 Å². The second-order valence-corrected chi connectivity index (χ2v) is 9.42. The number of amides is 1. The normalized spacial score (nSPS) is 10.8. The summed E-state index contributed by atoms with van der Waals surface area (Å²) in [5.74, 6) is -0.0778. The number of carbonyl (C=O) groups is 3. The maximum Gasteiger partial charge on any atom is 0.348 e. The lowest BCUT2D eigenvalue weighted by Gasteiger charge is -2.13. The maximum atomic E-state index is 12.8. The lowest BCUT2D eigenvalue weighted by molar-refractivity contribution is -0.116. The van der Waals surface area contributed by atoms with Gasteiger partial charge in [-0.3, -0.25) is 4.79 Å². The van der Waals surface area contributed by atoms with Crippen molar-refractivity contribution in [3.63, 3.8) is 0 Å². The second kappa shape index (κ2) is 14.5. The zero-order valence-electron chi connectivity index (χ0n) is 22.0. The highest BCUT2D eigenvalue weighted by molar-refractivity contribution is 7.18. The molecule has 0 atom stereocenters. The standard InChI is InChI=1S/C27H37NO7S/c1-7-10-15-34-20-13-11-19(16-21(20)32-8-2)12-14-22(29)28-25-23(26(30)33-9-3)18(6)24(36-25)27(31)35-17(4)5/h11,13,16-17H,7-10,12,14-15H2,1-6H3,(H,28,29). The molecule has 0 unspecified atom stereocenters. The number of rotatable bonds is 14. The molecule has 198 valence electrons. The van der Waals surface area contributed by atoms with Crippen molar-refractivity contribution in [3.8, 4) is 11.5 Å². The molecule has 8 nitrogen and oxygen atoms in total. The number of nitrogens with one attached hydrogen (secondary N) is 1. The predicted octanol–water partition coefficient (Wildman–Crippen LogP) is 5.95. The second-order valence-electron chi connectivity index (χ2n) is 8.40. The van der Waals surface area contributed by atoms with Gasteiger partial charge in [0, 0.05) is 6.42 Å². The van der Waals surface area contributed by atoms with Gasteiger partial charge in [-0.25, -0.2) is 9.59 Å². The number of ether oxygens (including phenoxy) is 4. The quantitative estimate of drug-likeness (QED) is 0.243. The number of anilines is 1. The van der Waals surface area contributed by atoms with Gasteiger partial charge in [0.15, 0.2) is 11.5 Å². The van der Waals surface area contributed by atoms with Crippen LogP contribution in [0.25, 0.3) is 0 Å². The van der Waals surface area contributed by atoms with E-state index in [-0.39, 0.29) is 40.5 Å². The Morgan fingerprint density at radius 2 is 1.75 bits per heavy atom. The number of benzene rings is 1. The number of hydrogen-bond donors (Lipinski definition) is 1. The summed E-state index contributed by atoms with van der Waals surface area (Å²) >= 11 is 1.02. The van der Waals surface area contributed by atoms with Crippen LogP contribution in [0.15, 0.2) is 18.2 Å². The number of aryl methyl sites for hydroxylation is 1. The van der Waals surface area contributed by atoms with Gasteiger partial charge < -0.3 is 24.3 Å². The van der Waals surface area contributed by atoms with Crippen LogP contribution in [0.4, 0.5) is 5.00 Å². The van der Waals surface area contributed by atoms with E-state index >= 15 is 0 Å². The van der Waals surface area contributed by atoms with E-state index in [1.54, 1.807) is 27.7 Å².